The van der Waals surface area contributed by atoms with Gasteiger partial charge in [0, 0.05) is 38.6 Å². The van der Waals surface area contributed by atoms with Crippen molar-refractivity contribution in [2.24, 2.45) is 0 Å². The van der Waals surface area contributed by atoms with Crippen molar-refractivity contribution in [1.82, 2.24) is 9.55 Å². The topological polar surface area (TPSA) is 17.8 Å². The van der Waals surface area contributed by atoms with E-state index >= 15 is 0 Å². The average molecular weight is 422 g/mol. The van der Waals surface area contributed by atoms with Crippen molar-refractivity contribution in [1.29, 1.82) is 0 Å². The first-order chi connectivity index (χ1) is 11.7. The molecule has 0 N–H and O–H groups in total. The molecule has 124 valence electrons. The van der Waals surface area contributed by atoms with Crippen molar-refractivity contribution in [3.63, 3.8) is 0 Å². The van der Waals surface area contributed by atoms with Gasteiger partial charge in [0.05, 0.1) is 6.33 Å². The molecule has 0 saturated carbocycles. The van der Waals surface area contributed by atoms with Gasteiger partial charge in [-0.15, -0.1) is 11.8 Å². The Morgan fingerprint density at radius 2 is 2.00 bits per heavy atom. The summed E-state index contributed by atoms with van der Waals surface area (Å²) in [5.74, 6) is 0. The van der Waals surface area contributed by atoms with Crippen LogP contribution in [-0.4, -0.2) is 14.8 Å². The fraction of sp³-hybridized carbons (Fsp3) is 0.211. The third kappa shape index (κ3) is 5.40. The largest absolute Gasteiger partial charge is 0.336 e. The molecule has 0 fully saturated rings. The van der Waals surface area contributed by atoms with Gasteiger partial charge in [-0.3, -0.25) is 0 Å². The molecule has 1 unspecified atom stereocenters. The summed E-state index contributed by atoms with van der Waals surface area (Å²) in [6.07, 6.45) is 7.88. The van der Waals surface area contributed by atoms with Crippen LogP contribution in [0.15, 0.2) is 76.6 Å². The number of aromatic nitrogens is 2. The van der Waals surface area contributed by atoms with Crippen LogP contribution in [0.25, 0.3) is 0 Å². The zero-order chi connectivity index (χ0) is 16.8. The molecule has 0 aliphatic rings. The summed E-state index contributed by atoms with van der Waals surface area (Å²) >= 11 is 11.5. The van der Waals surface area contributed by atoms with Crippen LogP contribution < -0.4 is 0 Å². The van der Waals surface area contributed by atoms with Crippen LogP contribution in [0.2, 0.25) is 5.02 Å². The third-order valence-corrected chi connectivity index (χ3v) is 5.75. The summed E-state index contributed by atoms with van der Waals surface area (Å²) in [6.45, 7) is 0.938. The van der Waals surface area contributed by atoms with Gasteiger partial charge in [0.1, 0.15) is 0 Å². The molecular weight excluding hydrogens is 404 g/mol. The van der Waals surface area contributed by atoms with E-state index in [1.54, 1.807) is 0 Å². The van der Waals surface area contributed by atoms with Crippen molar-refractivity contribution >= 4 is 39.3 Å². The van der Waals surface area contributed by atoms with Crippen molar-refractivity contribution in [2.45, 2.75) is 29.5 Å². The van der Waals surface area contributed by atoms with Crippen LogP contribution in [0.3, 0.4) is 0 Å². The Balaban J connectivity index is 1.68. The van der Waals surface area contributed by atoms with Gasteiger partial charge in [-0.1, -0.05) is 45.7 Å². The van der Waals surface area contributed by atoms with Crippen LogP contribution in [-0.2, 0) is 13.0 Å². The maximum absolute atomic E-state index is 6.13. The maximum Gasteiger partial charge on any atom is 0.0946 e. The summed E-state index contributed by atoms with van der Waals surface area (Å²) in [6, 6.07) is 16.6. The normalized spacial score (nSPS) is 12.2. The molecule has 24 heavy (non-hydrogen) atoms. The molecule has 1 atom stereocenters. The Bertz CT molecular complexity index is 759. The fourth-order valence-corrected chi connectivity index (χ4v) is 4.27. The monoisotopic (exact) mass is 420 g/mol. The van der Waals surface area contributed by atoms with E-state index in [9.17, 15) is 0 Å². The Hall–Kier alpha value is -1.23. The van der Waals surface area contributed by atoms with E-state index in [2.05, 4.69) is 55.8 Å². The van der Waals surface area contributed by atoms with Crippen LogP contribution in [0.5, 0.6) is 0 Å². The highest BCUT2D eigenvalue weighted by Crippen LogP contribution is 2.29. The molecule has 0 amide bonds. The fourth-order valence-electron chi connectivity index (χ4n) is 2.53. The zero-order valence-corrected chi connectivity index (χ0v) is 16.3. The van der Waals surface area contributed by atoms with Gasteiger partial charge in [0.25, 0.3) is 0 Å². The van der Waals surface area contributed by atoms with E-state index in [0.717, 1.165) is 28.9 Å². The minimum Gasteiger partial charge on any atom is -0.336 e. The quantitative estimate of drug-likeness (QED) is 0.429. The Morgan fingerprint density at radius 3 is 2.71 bits per heavy atom. The van der Waals surface area contributed by atoms with Gasteiger partial charge in [0.2, 0.25) is 0 Å². The molecule has 0 aliphatic carbocycles. The van der Waals surface area contributed by atoms with Gasteiger partial charge < -0.3 is 4.57 Å². The average Bonchev–Trinajstić information content (AvgIpc) is 3.07. The van der Waals surface area contributed by atoms with Crippen LogP contribution in [0.1, 0.15) is 12.0 Å². The number of rotatable bonds is 7. The van der Waals surface area contributed by atoms with Crippen LogP contribution >= 0.6 is 39.3 Å². The van der Waals surface area contributed by atoms with Crippen LogP contribution in [0, 0.1) is 0 Å². The molecule has 0 aliphatic heterocycles. The molecule has 2 nitrogen and oxygen atoms in total. The highest BCUT2D eigenvalue weighted by atomic mass is 79.9. The number of hydrogen-bond acceptors (Lipinski definition) is 2. The standard InChI is InChI=1S/C19H18BrClN2S/c20-16-7-4-15(5-8-16)6-9-19(13-23-11-10-22-14-23)24-18-3-1-2-17(21)12-18/h1-5,7-8,10-12,14,19H,6,9,13H2. The zero-order valence-electron chi connectivity index (χ0n) is 13.1. The van der Waals surface area contributed by atoms with Gasteiger partial charge in [-0.2, -0.15) is 0 Å². The SMILES string of the molecule is Clc1cccc(SC(CCc2ccc(Br)cc2)Cn2ccnc2)c1. The minimum atomic E-state index is 0.460. The molecule has 3 aromatic rings. The number of thioether (sulfide) groups is 1. The van der Waals surface area contributed by atoms with E-state index < -0.39 is 0 Å². The van der Waals surface area contributed by atoms with E-state index in [-0.39, 0.29) is 0 Å². The lowest BCUT2D eigenvalue weighted by molar-refractivity contribution is 0.624. The van der Waals surface area contributed by atoms with Gasteiger partial charge in [-0.25, -0.2) is 4.98 Å². The first kappa shape index (κ1) is 17.6. The molecule has 0 bridgehead atoms. The first-order valence-corrected chi connectivity index (χ1v) is 9.86. The smallest absolute Gasteiger partial charge is 0.0946 e. The highest BCUT2D eigenvalue weighted by molar-refractivity contribution is 9.10. The molecule has 0 saturated heterocycles. The molecule has 1 aromatic heterocycles. The summed E-state index contributed by atoms with van der Waals surface area (Å²) in [4.78, 5) is 5.36. The van der Waals surface area contributed by atoms with Gasteiger partial charge in [-0.05, 0) is 48.7 Å². The molecule has 0 spiro atoms. The number of hydrogen-bond donors (Lipinski definition) is 0. The number of nitrogens with zero attached hydrogens (tertiary/aromatic N) is 2. The second kappa shape index (κ2) is 8.75. The summed E-state index contributed by atoms with van der Waals surface area (Å²) in [5, 5.41) is 1.25. The predicted molar refractivity (Wildman–Crippen MR) is 106 cm³/mol. The molecule has 0 radical (unpaired) electrons. The molecule has 2 aromatic carbocycles. The lowest BCUT2D eigenvalue weighted by Crippen LogP contribution is -2.13. The molecular formula is C19H18BrClN2S. The van der Waals surface area contributed by atoms with E-state index in [1.807, 2.05) is 48.7 Å². The number of halogens is 2. The van der Waals surface area contributed by atoms with Gasteiger partial charge in [0.15, 0.2) is 0 Å². The van der Waals surface area contributed by atoms with E-state index in [1.165, 1.54) is 10.5 Å². The van der Waals surface area contributed by atoms with E-state index in [0.29, 0.717) is 5.25 Å². The van der Waals surface area contributed by atoms with Crippen LogP contribution in [0.4, 0.5) is 0 Å². The summed E-state index contributed by atoms with van der Waals surface area (Å²) in [5.41, 5.74) is 1.36. The molecule has 1 heterocycles. The Morgan fingerprint density at radius 1 is 1.17 bits per heavy atom. The second-order valence-corrected chi connectivity index (χ2v) is 8.35. The number of imidazole rings is 1. The van der Waals surface area contributed by atoms with Crippen molar-refractivity contribution in [3.8, 4) is 0 Å². The third-order valence-electron chi connectivity index (χ3n) is 3.74. The Kier molecular flexibility index (Phi) is 6.41. The maximum atomic E-state index is 6.13. The number of benzene rings is 2. The summed E-state index contributed by atoms with van der Waals surface area (Å²) < 4.78 is 3.26. The lowest BCUT2D eigenvalue weighted by Gasteiger charge is -2.17. The van der Waals surface area contributed by atoms with Gasteiger partial charge >= 0.3 is 0 Å². The first-order valence-electron chi connectivity index (χ1n) is 7.81. The van der Waals surface area contributed by atoms with Crippen molar-refractivity contribution in [2.75, 3.05) is 0 Å². The lowest BCUT2D eigenvalue weighted by atomic mass is 10.1. The van der Waals surface area contributed by atoms with Crippen molar-refractivity contribution < 1.29 is 0 Å². The van der Waals surface area contributed by atoms with E-state index in [4.69, 9.17) is 11.6 Å². The highest BCUT2D eigenvalue weighted by Gasteiger charge is 2.12. The second-order valence-electron chi connectivity index (χ2n) is 5.62. The van der Waals surface area contributed by atoms with Crippen molar-refractivity contribution in [3.05, 3.63) is 82.3 Å². The Labute approximate surface area is 160 Å². The molecule has 3 rings (SSSR count). The summed E-state index contributed by atoms with van der Waals surface area (Å²) in [7, 11) is 0. The minimum absolute atomic E-state index is 0.460. The predicted octanol–water partition coefficient (Wildman–Crippen LogP) is 6.09. The molecule has 5 heteroatoms. The number of aryl methyl sites for hydroxylation is 1.